The van der Waals surface area contributed by atoms with Gasteiger partial charge in [0.2, 0.25) is 11.8 Å². The minimum Gasteiger partial charge on any atom is -0.322 e. The fraction of sp³-hybridized carbons (Fsp3) is 0.524. The molecule has 2 aliphatic heterocycles. The largest absolute Gasteiger partial charge is 0.322 e. The number of amides is 3. The number of hydrogen-bond donors (Lipinski definition) is 2. The Labute approximate surface area is 164 Å². The maximum atomic E-state index is 12.7. The lowest BCUT2D eigenvalue weighted by atomic mass is 9.86. The Balaban J connectivity index is 1.40. The van der Waals surface area contributed by atoms with Crippen molar-refractivity contribution in [2.45, 2.75) is 63.7 Å². The Morgan fingerprint density at radius 3 is 2.86 bits per heavy atom. The Morgan fingerprint density at radius 1 is 1.21 bits per heavy atom. The third-order valence-electron chi connectivity index (χ3n) is 6.04. The van der Waals surface area contributed by atoms with E-state index in [9.17, 15) is 14.4 Å². The molecule has 1 aromatic carbocycles. The molecule has 146 valence electrons. The van der Waals surface area contributed by atoms with E-state index in [-0.39, 0.29) is 30.1 Å². The number of benzene rings is 1. The van der Waals surface area contributed by atoms with E-state index in [0.717, 1.165) is 36.8 Å². The molecule has 28 heavy (non-hydrogen) atoms. The molecule has 3 amide bonds. The average molecular weight is 380 g/mol. The van der Waals surface area contributed by atoms with Crippen LogP contribution in [-0.2, 0) is 22.7 Å². The van der Waals surface area contributed by atoms with Gasteiger partial charge in [0, 0.05) is 37.0 Å². The first-order valence-corrected chi connectivity index (χ1v) is 9.94. The van der Waals surface area contributed by atoms with Crippen molar-refractivity contribution in [1.82, 2.24) is 15.5 Å². The second-order valence-electron chi connectivity index (χ2n) is 7.96. The Morgan fingerprint density at radius 2 is 2.07 bits per heavy atom. The molecule has 1 saturated carbocycles. The Kier molecular flexibility index (Phi) is 5.14. The normalized spacial score (nSPS) is 27.3. The van der Waals surface area contributed by atoms with E-state index in [2.05, 4.69) is 16.7 Å². The molecule has 7 nitrogen and oxygen atoms in total. The van der Waals surface area contributed by atoms with Gasteiger partial charge in [-0.2, -0.15) is 5.26 Å². The van der Waals surface area contributed by atoms with E-state index in [1.165, 1.54) is 0 Å². The number of nitrogens with one attached hydrogen (secondary N) is 2. The van der Waals surface area contributed by atoms with E-state index < -0.39 is 6.04 Å². The zero-order valence-electron chi connectivity index (χ0n) is 15.7. The summed E-state index contributed by atoms with van der Waals surface area (Å²) < 4.78 is 0. The van der Waals surface area contributed by atoms with Crippen LogP contribution in [0.4, 0.5) is 0 Å². The maximum Gasteiger partial charge on any atom is 0.255 e. The van der Waals surface area contributed by atoms with Crippen LogP contribution in [0.1, 0.15) is 60.0 Å². The van der Waals surface area contributed by atoms with Gasteiger partial charge in [-0.3, -0.25) is 19.7 Å². The maximum absolute atomic E-state index is 12.7. The van der Waals surface area contributed by atoms with Gasteiger partial charge in [0.1, 0.15) is 6.04 Å². The van der Waals surface area contributed by atoms with Crippen LogP contribution >= 0.6 is 0 Å². The Bertz CT molecular complexity index is 860. The van der Waals surface area contributed by atoms with Crippen LogP contribution in [0.5, 0.6) is 0 Å². The van der Waals surface area contributed by atoms with Gasteiger partial charge in [0.25, 0.3) is 5.91 Å². The van der Waals surface area contributed by atoms with Crippen molar-refractivity contribution in [2.75, 3.05) is 0 Å². The molecule has 1 aliphatic carbocycles. The number of carbonyl (C=O) groups excluding carboxylic acids is 3. The van der Waals surface area contributed by atoms with E-state index in [1.54, 1.807) is 4.90 Å². The van der Waals surface area contributed by atoms with Crippen LogP contribution < -0.4 is 10.6 Å². The molecule has 0 bridgehead atoms. The molecule has 4 rings (SSSR count). The van der Waals surface area contributed by atoms with Crippen LogP contribution in [0, 0.1) is 17.2 Å². The number of rotatable bonds is 4. The van der Waals surface area contributed by atoms with E-state index in [0.29, 0.717) is 31.1 Å². The standard InChI is InChI=1S/C21H24N4O3/c22-10-13-2-1-3-16(9-13)23-11-14-4-5-17-15(8-14)12-25(21(17)28)18-6-7-19(26)24-20(18)27/h4-5,8,13,16,18,23H,1-3,6-7,9,11-12H2,(H,24,26,27)/t13-,16-,18?/m1/s1. The molecular formula is C21H24N4O3. The molecule has 2 N–H and O–H groups in total. The fourth-order valence-corrected chi connectivity index (χ4v) is 4.49. The second kappa shape index (κ2) is 7.72. The summed E-state index contributed by atoms with van der Waals surface area (Å²) in [6, 6.07) is 7.96. The highest BCUT2D eigenvalue weighted by atomic mass is 16.2. The third kappa shape index (κ3) is 3.65. The number of hydrogen-bond acceptors (Lipinski definition) is 5. The molecule has 1 unspecified atom stereocenters. The number of imide groups is 1. The fourth-order valence-electron chi connectivity index (χ4n) is 4.49. The van der Waals surface area contributed by atoms with Gasteiger partial charge >= 0.3 is 0 Å². The summed E-state index contributed by atoms with van der Waals surface area (Å²) in [6.07, 6.45) is 4.69. The quantitative estimate of drug-likeness (QED) is 0.773. The molecule has 0 radical (unpaired) electrons. The van der Waals surface area contributed by atoms with E-state index >= 15 is 0 Å². The molecule has 3 aliphatic rings. The van der Waals surface area contributed by atoms with E-state index in [1.807, 2.05) is 18.2 Å². The van der Waals surface area contributed by atoms with Gasteiger partial charge in [-0.25, -0.2) is 0 Å². The summed E-state index contributed by atoms with van der Waals surface area (Å²) in [5.41, 5.74) is 2.65. The van der Waals surface area contributed by atoms with Crippen molar-refractivity contribution in [2.24, 2.45) is 5.92 Å². The lowest BCUT2D eigenvalue weighted by molar-refractivity contribution is -0.136. The predicted molar refractivity (Wildman–Crippen MR) is 101 cm³/mol. The molecule has 2 heterocycles. The molecule has 3 atom stereocenters. The summed E-state index contributed by atoms with van der Waals surface area (Å²) >= 11 is 0. The molecule has 7 heteroatoms. The number of nitrogens with zero attached hydrogens (tertiary/aromatic N) is 2. The lowest BCUT2D eigenvalue weighted by Gasteiger charge is -2.29. The van der Waals surface area contributed by atoms with Crippen LogP contribution in [0.25, 0.3) is 0 Å². The topological polar surface area (TPSA) is 102 Å². The third-order valence-corrected chi connectivity index (χ3v) is 6.04. The van der Waals surface area contributed by atoms with Crippen LogP contribution in [0.2, 0.25) is 0 Å². The van der Waals surface area contributed by atoms with Crippen molar-refractivity contribution in [3.8, 4) is 6.07 Å². The van der Waals surface area contributed by atoms with Crippen molar-refractivity contribution >= 4 is 17.7 Å². The first-order chi connectivity index (χ1) is 13.5. The van der Waals surface area contributed by atoms with Crippen molar-refractivity contribution in [3.63, 3.8) is 0 Å². The molecule has 0 spiro atoms. The highest BCUT2D eigenvalue weighted by molar-refractivity contribution is 6.05. The first kappa shape index (κ1) is 18.6. The summed E-state index contributed by atoms with van der Waals surface area (Å²) in [7, 11) is 0. The highest BCUT2D eigenvalue weighted by Gasteiger charge is 2.39. The molecular weight excluding hydrogens is 356 g/mol. The highest BCUT2D eigenvalue weighted by Crippen LogP contribution is 2.29. The SMILES string of the molecule is N#C[C@@H]1CCC[C@@H](NCc2ccc3c(c2)CN(C2CCC(=O)NC2=O)C3=O)C1. The van der Waals surface area contributed by atoms with Gasteiger partial charge in [0.15, 0.2) is 0 Å². The summed E-state index contributed by atoms with van der Waals surface area (Å²) in [5.74, 6) is -0.664. The van der Waals surface area contributed by atoms with E-state index in [4.69, 9.17) is 5.26 Å². The number of carbonyl (C=O) groups is 3. The second-order valence-corrected chi connectivity index (χ2v) is 7.96. The molecule has 2 fully saturated rings. The van der Waals surface area contributed by atoms with Gasteiger partial charge in [-0.1, -0.05) is 18.6 Å². The van der Waals surface area contributed by atoms with Crippen LogP contribution in [0.15, 0.2) is 18.2 Å². The van der Waals surface area contributed by atoms with Crippen molar-refractivity contribution < 1.29 is 14.4 Å². The van der Waals surface area contributed by atoms with Crippen molar-refractivity contribution in [3.05, 3.63) is 34.9 Å². The Hall–Kier alpha value is -2.72. The van der Waals surface area contributed by atoms with Crippen LogP contribution in [-0.4, -0.2) is 34.7 Å². The monoisotopic (exact) mass is 380 g/mol. The van der Waals surface area contributed by atoms with Gasteiger partial charge in [-0.05, 0) is 42.9 Å². The number of piperidine rings is 1. The molecule has 0 aromatic heterocycles. The molecule has 1 aromatic rings. The zero-order valence-corrected chi connectivity index (χ0v) is 15.7. The smallest absolute Gasteiger partial charge is 0.255 e. The molecule has 1 saturated heterocycles. The lowest BCUT2D eigenvalue weighted by Crippen LogP contribution is -2.52. The van der Waals surface area contributed by atoms with Crippen LogP contribution in [0.3, 0.4) is 0 Å². The van der Waals surface area contributed by atoms with Crippen molar-refractivity contribution in [1.29, 1.82) is 5.26 Å². The summed E-state index contributed by atoms with van der Waals surface area (Å²) in [6.45, 7) is 1.09. The zero-order chi connectivity index (χ0) is 19.7. The number of nitriles is 1. The first-order valence-electron chi connectivity index (χ1n) is 9.94. The van der Waals surface area contributed by atoms with Gasteiger partial charge in [0.05, 0.1) is 6.07 Å². The minimum atomic E-state index is -0.579. The minimum absolute atomic E-state index is 0.144. The average Bonchev–Trinajstić information content (AvgIpc) is 3.02. The predicted octanol–water partition coefficient (Wildman–Crippen LogP) is 1.62. The summed E-state index contributed by atoms with van der Waals surface area (Å²) in [5, 5.41) is 15.0. The van der Waals surface area contributed by atoms with Gasteiger partial charge < -0.3 is 10.2 Å². The van der Waals surface area contributed by atoms with Gasteiger partial charge in [-0.15, -0.1) is 0 Å². The summed E-state index contributed by atoms with van der Waals surface area (Å²) in [4.78, 5) is 37.8. The number of fused-ring (bicyclic) bond motifs is 1.